The van der Waals surface area contributed by atoms with Crippen LogP contribution in [0.5, 0.6) is 0 Å². The van der Waals surface area contributed by atoms with Gasteiger partial charge in [-0.05, 0) is 12.3 Å². The average molecular weight is 134 g/mol. The van der Waals surface area contributed by atoms with Crippen molar-refractivity contribution in [1.29, 1.82) is 0 Å². The molecule has 0 spiro atoms. The smallest absolute Gasteiger partial charge is 0.0823 e. The van der Waals surface area contributed by atoms with Gasteiger partial charge in [-0.3, -0.25) is 5.26 Å². The highest BCUT2D eigenvalue weighted by molar-refractivity contribution is 4.48. The van der Waals surface area contributed by atoms with Gasteiger partial charge >= 0.3 is 0 Å². The molecule has 0 heterocycles. The van der Waals surface area contributed by atoms with Crippen LogP contribution in [-0.4, -0.2) is 25.6 Å². The SMILES string of the molecule is COCC(C)CCOO. The zero-order valence-electron chi connectivity index (χ0n) is 5.96. The molecular weight excluding hydrogens is 120 g/mol. The molecule has 9 heavy (non-hydrogen) atoms. The van der Waals surface area contributed by atoms with Gasteiger partial charge in [-0.15, -0.1) is 0 Å². The van der Waals surface area contributed by atoms with Gasteiger partial charge in [-0.1, -0.05) is 6.92 Å². The van der Waals surface area contributed by atoms with E-state index in [1.54, 1.807) is 7.11 Å². The van der Waals surface area contributed by atoms with Gasteiger partial charge in [0.2, 0.25) is 0 Å². The summed E-state index contributed by atoms with van der Waals surface area (Å²) in [6.07, 6.45) is 0.838. The van der Waals surface area contributed by atoms with E-state index in [0.29, 0.717) is 12.5 Å². The monoisotopic (exact) mass is 134 g/mol. The topological polar surface area (TPSA) is 38.7 Å². The highest BCUT2D eigenvalue weighted by Crippen LogP contribution is 2.00. The van der Waals surface area contributed by atoms with Crippen molar-refractivity contribution in [1.82, 2.24) is 0 Å². The van der Waals surface area contributed by atoms with Gasteiger partial charge in [0.05, 0.1) is 6.61 Å². The maximum Gasteiger partial charge on any atom is 0.0823 e. The largest absolute Gasteiger partial charge is 0.384 e. The van der Waals surface area contributed by atoms with Crippen molar-refractivity contribution in [2.45, 2.75) is 13.3 Å². The molecule has 0 aromatic heterocycles. The molecule has 1 unspecified atom stereocenters. The van der Waals surface area contributed by atoms with E-state index in [2.05, 4.69) is 4.89 Å². The van der Waals surface area contributed by atoms with Crippen molar-refractivity contribution in [3.8, 4) is 0 Å². The van der Waals surface area contributed by atoms with Gasteiger partial charge in [-0.25, -0.2) is 4.89 Å². The minimum atomic E-state index is 0.393. The first-order valence-corrected chi connectivity index (χ1v) is 3.06. The molecule has 0 aliphatic rings. The second-order valence-corrected chi connectivity index (χ2v) is 2.18. The van der Waals surface area contributed by atoms with Crippen LogP contribution in [0.4, 0.5) is 0 Å². The van der Waals surface area contributed by atoms with Crippen molar-refractivity contribution in [3.05, 3.63) is 0 Å². The van der Waals surface area contributed by atoms with Crippen molar-refractivity contribution in [3.63, 3.8) is 0 Å². The molecule has 1 N–H and O–H groups in total. The Hall–Kier alpha value is -0.120. The molecule has 0 amide bonds. The maximum atomic E-state index is 7.94. The Bertz CT molecular complexity index is 56.3. The molecule has 0 aromatic carbocycles. The normalized spacial score (nSPS) is 13.7. The molecule has 0 bridgehead atoms. The summed E-state index contributed by atoms with van der Waals surface area (Å²) in [4.78, 5) is 3.90. The summed E-state index contributed by atoms with van der Waals surface area (Å²) in [5, 5.41) is 7.94. The minimum Gasteiger partial charge on any atom is -0.384 e. The molecule has 0 rings (SSSR count). The summed E-state index contributed by atoms with van der Waals surface area (Å²) in [5.74, 6) is 0.460. The average Bonchev–Trinajstić information content (AvgIpc) is 1.85. The molecule has 0 aliphatic heterocycles. The Balaban J connectivity index is 2.95. The van der Waals surface area contributed by atoms with E-state index in [-0.39, 0.29) is 0 Å². The Morgan fingerprint density at radius 1 is 1.56 bits per heavy atom. The van der Waals surface area contributed by atoms with Crippen LogP contribution in [0.3, 0.4) is 0 Å². The number of rotatable bonds is 5. The predicted octanol–water partition coefficient (Wildman–Crippen LogP) is 1.15. The molecular formula is C6H14O3. The van der Waals surface area contributed by atoms with E-state index in [1.165, 1.54) is 0 Å². The summed E-state index contributed by atoms with van der Waals surface area (Å²) >= 11 is 0. The Kier molecular flexibility index (Phi) is 5.93. The highest BCUT2D eigenvalue weighted by Gasteiger charge is 1.99. The van der Waals surface area contributed by atoms with Crippen LogP contribution in [0.15, 0.2) is 0 Å². The quantitative estimate of drug-likeness (QED) is 0.452. The second kappa shape index (κ2) is 6.01. The third-order valence-electron chi connectivity index (χ3n) is 1.15. The van der Waals surface area contributed by atoms with E-state index < -0.39 is 0 Å². The molecule has 0 fully saturated rings. The second-order valence-electron chi connectivity index (χ2n) is 2.18. The Morgan fingerprint density at radius 2 is 2.22 bits per heavy atom. The van der Waals surface area contributed by atoms with Gasteiger partial charge in [0.15, 0.2) is 0 Å². The van der Waals surface area contributed by atoms with E-state index in [4.69, 9.17) is 9.99 Å². The predicted molar refractivity (Wildman–Crippen MR) is 34.2 cm³/mol. The van der Waals surface area contributed by atoms with Crippen LogP contribution in [0.25, 0.3) is 0 Å². The molecule has 0 saturated carbocycles. The van der Waals surface area contributed by atoms with Crippen LogP contribution in [0.2, 0.25) is 0 Å². The number of methoxy groups -OCH3 is 1. The molecule has 0 aliphatic carbocycles. The summed E-state index contributed by atoms with van der Waals surface area (Å²) in [6.45, 7) is 3.16. The standard InChI is InChI=1S/C6H14O3/c1-6(5-8-2)3-4-9-7/h6-7H,3-5H2,1-2H3. The fourth-order valence-corrected chi connectivity index (χ4v) is 0.622. The first-order chi connectivity index (χ1) is 4.31. The van der Waals surface area contributed by atoms with Crippen molar-refractivity contribution in [2.75, 3.05) is 20.3 Å². The Labute approximate surface area is 55.5 Å². The minimum absolute atomic E-state index is 0.393. The zero-order valence-corrected chi connectivity index (χ0v) is 5.96. The van der Waals surface area contributed by atoms with Crippen LogP contribution in [0.1, 0.15) is 13.3 Å². The summed E-state index contributed by atoms with van der Waals surface area (Å²) in [5.41, 5.74) is 0. The number of hydrogen-bond acceptors (Lipinski definition) is 3. The lowest BCUT2D eigenvalue weighted by molar-refractivity contribution is -0.244. The van der Waals surface area contributed by atoms with Gasteiger partial charge in [0.1, 0.15) is 0 Å². The van der Waals surface area contributed by atoms with Gasteiger partial charge in [0, 0.05) is 13.7 Å². The lowest BCUT2D eigenvalue weighted by Gasteiger charge is -2.06. The third-order valence-corrected chi connectivity index (χ3v) is 1.15. The Morgan fingerprint density at radius 3 is 2.67 bits per heavy atom. The molecule has 0 aromatic rings. The molecule has 3 heteroatoms. The zero-order chi connectivity index (χ0) is 7.11. The fraction of sp³-hybridized carbons (Fsp3) is 1.00. The van der Waals surface area contributed by atoms with Crippen molar-refractivity contribution >= 4 is 0 Å². The van der Waals surface area contributed by atoms with Gasteiger partial charge in [-0.2, -0.15) is 0 Å². The van der Waals surface area contributed by atoms with Crippen LogP contribution < -0.4 is 0 Å². The number of ether oxygens (including phenoxy) is 1. The lowest BCUT2D eigenvalue weighted by Crippen LogP contribution is -2.06. The van der Waals surface area contributed by atoms with Gasteiger partial charge < -0.3 is 4.74 Å². The van der Waals surface area contributed by atoms with E-state index in [9.17, 15) is 0 Å². The van der Waals surface area contributed by atoms with E-state index in [1.807, 2.05) is 6.92 Å². The molecule has 1 atom stereocenters. The number of hydrogen-bond donors (Lipinski definition) is 1. The summed E-state index contributed by atoms with van der Waals surface area (Å²) in [7, 11) is 1.66. The van der Waals surface area contributed by atoms with Crippen molar-refractivity contribution < 1.29 is 14.9 Å². The molecule has 0 radical (unpaired) electrons. The molecule has 0 saturated heterocycles. The first-order valence-electron chi connectivity index (χ1n) is 3.06. The highest BCUT2D eigenvalue weighted by atomic mass is 17.1. The maximum absolute atomic E-state index is 7.94. The van der Waals surface area contributed by atoms with Gasteiger partial charge in [0.25, 0.3) is 0 Å². The fourth-order valence-electron chi connectivity index (χ4n) is 0.622. The lowest BCUT2D eigenvalue weighted by atomic mass is 10.1. The first kappa shape index (κ1) is 8.88. The van der Waals surface area contributed by atoms with E-state index in [0.717, 1.165) is 13.0 Å². The van der Waals surface area contributed by atoms with Crippen LogP contribution in [0, 0.1) is 5.92 Å². The third kappa shape index (κ3) is 5.76. The molecule has 56 valence electrons. The van der Waals surface area contributed by atoms with Crippen LogP contribution in [-0.2, 0) is 9.62 Å². The summed E-state index contributed by atoms with van der Waals surface area (Å²) in [6, 6.07) is 0. The summed E-state index contributed by atoms with van der Waals surface area (Å²) < 4.78 is 4.86. The van der Waals surface area contributed by atoms with Crippen LogP contribution >= 0.6 is 0 Å². The van der Waals surface area contributed by atoms with Crippen molar-refractivity contribution in [2.24, 2.45) is 5.92 Å². The van der Waals surface area contributed by atoms with E-state index >= 15 is 0 Å². The molecule has 3 nitrogen and oxygen atoms in total.